The van der Waals surface area contributed by atoms with E-state index < -0.39 is 0 Å². The molecular weight excluding hydrogens is 224 g/mol. The van der Waals surface area contributed by atoms with Gasteiger partial charge in [0, 0.05) is 9.82 Å². The van der Waals surface area contributed by atoms with E-state index in [4.69, 9.17) is 5.26 Å². The molecule has 4 nitrogen and oxygen atoms in total. The largest absolute Gasteiger partial charge is 0.264 e. The molecule has 0 aliphatic carbocycles. The molecule has 0 bridgehead atoms. The zero-order valence-electron chi connectivity index (χ0n) is 8.71. The van der Waals surface area contributed by atoms with E-state index in [0.29, 0.717) is 5.57 Å². The minimum atomic E-state index is -0.355. The van der Waals surface area contributed by atoms with Crippen molar-refractivity contribution in [3.05, 3.63) is 45.5 Å². The van der Waals surface area contributed by atoms with Crippen LogP contribution in [0.25, 0.3) is 6.08 Å². The zero-order chi connectivity index (χ0) is 12.0. The van der Waals surface area contributed by atoms with Crippen LogP contribution >= 0.6 is 11.8 Å². The van der Waals surface area contributed by atoms with Crippen molar-refractivity contribution in [2.45, 2.75) is 11.8 Å². The van der Waals surface area contributed by atoms with Crippen molar-refractivity contribution in [2.24, 2.45) is 0 Å². The first-order valence-electron chi connectivity index (χ1n) is 4.57. The molecule has 0 unspecified atom stereocenters. The molecule has 0 radical (unpaired) electrons. The Bertz CT molecular complexity index is 446. The fraction of sp³-hybridized carbons (Fsp3) is 0.182. The summed E-state index contributed by atoms with van der Waals surface area (Å²) in [5.41, 5.74) is 1.60. The van der Waals surface area contributed by atoms with Crippen LogP contribution in [0.2, 0.25) is 0 Å². The summed E-state index contributed by atoms with van der Waals surface area (Å²) in [5.74, 6) is 0. The van der Waals surface area contributed by atoms with Gasteiger partial charge >= 0.3 is 0 Å². The fourth-order valence-electron chi connectivity index (χ4n) is 1.22. The van der Waals surface area contributed by atoms with E-state index in [0.717, 1.165) is 22.2 Å². The molecule has 0 amide bonds. The zero-order valence-corrected chi connectivity index (χ0v) is 9.53. The summed E-state index contributed by atoms with van der Waals surface area (Å²) >= 11 is 1.09. The Morgan fingerprint density at radius 1 is 1.56 bits per heavy atom. The molecule has 0 spiro atoms. The van der Waals surface area contributed by atoms with Gasteiger partial charge in [-0.3, -0.25) is 10.1 Å². The minimum absolute atomic E-state index is 0.144. The van der Waals surface area contributed by atoms with E-state index in [1.54, 1.807) is 13.0 Å². The Balaban J connectivity index is 2.75. The van der Waals surface area contributed by atoms with Crippen LogP contribution in [0.4, 0.5) is 0 Å². The molecule has 0 saturated carbocycles. The highest BCUT2D eigenvalue weighted by molar-refractivity contribution is 8.03. The molecule has 0 aliphatic rings. The predicted molar refractivity (Wildman–Crippen MR) is 63.4 cm³/mol. The van der Waals surface area contributed by atoms with Gasteiger partial charge < -0.3 is 0 Å². The van der Waals surface area contributed by atoms with Crippen LogP contribution in [0.15, 0.2) is 34.7 Å². The van der Waals surface area contributed by atoms with Gasteiger partial charge in [-0.1, -0.05) is 12.1 Å². The van der Waals surface area contributed by atoms with Gasteiger partial charge in [-0.25, -0.2) is 0 Å². The number of thiocyanates is 1. The van der Waals surface area contributed by atoms with Crippen molar-refractivity contribution >= 4 is 17.8 Å². The number of thioether (sulfide) groups is 1. The maximum absolute atomic E-state index is 10.3. The number of nitrogens with zero attached hydrogens (tertiary/aromatic N) is 2. The average molecular weight is 234 g/mol. The van der Waals surface area contributed by atoms with Crippen LogP contribution in [-0.2, 0) is 0 Å². The maximum atomic E-state index is 10.3. The van der Waals surface area contributed by atoms with E-state index in [1.165, 1.54) is 0 Å². The third-order valence-electron chi connectivity index (χ3n) is 1.84. The van der Waals surface area contributed by atoms with Crippen molar-refractivity contribution in [3.8, 4) is 5.40 Å². The van der Waals surface area contributed by atoms with E-state index in [-0.39, 0.29) is 11.5 Å². The minimum Gasteiger partial charge on any atom is -0.264 e. The lowest BCUT2D eigenvalue weighted by molar-refractivity contribution is -0.470. The molecule has 1 rings (SSSR count). The number of hydrogen-bond donors (Lipinski definition) is 0. The van der Waals surface area contributed by atoms with Crippen LogP contribution < -0.4 is 0 Å². The molecule has 0 aromatic heterocycles. The van der Waals surface area contributed by atoms with Crippen LogP contribution in [-0.4, -0.2) is 11.5 Å². The van der Waals surface area contributed by atoms with Crippen molar-refractivity contribution in [3.63, 3.8) is 0 Å². The third kappa shape index (κ3) is 4.15. The van der Waals surface area contributed by atoms with Gasteiger partial charge in [-0.15, -0.1) is 0 Å². The summed E-state index contributed by atoms with van der Waals surface area (Å²) in [7, 11) is 0. The summed E-state index contributed by atoms with van der Waals surface area (Å²) in [6.07, 6.45) is 1.77. The van der Waals surface area contributed by atoms with Gasteiger partial charge in [0.1, 0.15) is 5.40 Å². The van der Waals surface area contributed by atoms with Crippen molar-refractivity contribution in [1.82, 2.24) is 0 Å². The first-order valence-corrected chi connectivity index (χ1v) is 5.38. The molecule has 1 aromatic carbocycles. The number of hydrogen-bond acceptors (Lipinski definition) is 4. The second-order valence-electron chi connectivity index (χ2n) is 3.24. The summed E-state index contributed by atoms with van der Waals surface area (Å²) in [6.45, 7) is 1.58. The number of nitriles is 1. The van der Waals surface area contributed by atoms with Gasteiger partial charge in [0.25, 0.3) is 0 Å². The monoisotopic (exact) mass is 234 g/mol. The molecule has 1 aromatic rings. The third-order valence-corrected chi connectivity index (χ3v) is 2.43. The molecule has 0 heterocycles. The number of benzene rings is 1. The standard InChI is InChI=1S/C11H10N2O2S/c1-9(7-13(14)15)6-10-2-4-11(5-3-10)16-8-12/h2-6H,7H2,1H3. The molecule has 82 valence electrons. The Hall–Kier alpha value is -1.80. The molecule has 5 heteroatoms. The smallest absolute Gasteiger partial charge is 0.225 e. The van der Waals surface area contributed by atoms with Crippen molar-refractivity contribution in [1.29, 1.82) is 5.26 Å². The summed E-state index contributed by atoms with van der Waals surface area (Å²) in [5, 5.41) is 20.7. The SMILES string of the molecule is CC(=Cc1ccc(SC#N)cc1)C[N+](=O)[O-]. The molecule has 16 heavy (non-hydrogen) atoms. The second kappa shape index (κ2) is 5.93. The normalized spacial score (nSPS) is 10.9. The second-order valence-corrected chi connectivity index (χ2v) is 4.10. The summed E-state index contributed by atoms with van der Waals surface area (Å²) < 4.78 is 0. The van der Waals surface area contributed by atoms with E-state index in [9.17, 15) is 10.1 Å². The fourth-order valence-corrected chi connectivity index (χ4v) is 1.60. The Morgan fingerprint density at radius 2 is 2.19 bits per heavy atom. The van der Waals surface area contributed by atoms with Gasteiger partial charge in [-0.2, -0.15) is 5.26 Å². The first kappa shape index (κ1) is 12.3. The maximum Gasteiger partial charge on any atom is 0.225 e. The Labute approximate surface area is 97.7 Å². The van der Waals surface area contributed by atoms with Gasteiger partial charge in [0.05, 0.1) is 0 Å². The lowest BCUT2D eigenvalue weighted by Gasteiger charge is -1.97. The van der Waals surface area contributed by atoms with E-state index in [1.807, 2.05) is 29.7 Å². The highest BCUT2D eigenvalue weighted by Gasteiger charge is 1.99. The van der Waals surface area contributed by atoms with E-state index >= 15 is 0 Å². The number of nitro groups is 1. The molecule has 0 N–H and O–H groups in total. The van der Waals surface area contributed by atoms with Crippen LogP contribution in [0.5, 0.6) is 0 Å². The Kier molecular flexibility index (Phi) is 4.55. The molecule has 0 fully saturated rings. The topological polar surface area (TPSA) is 66.9 Å². The lowest BCUT2D eigenvalue weighted by Crippen LogP contribution is -2.01. The van der Waals surface area contributed by atoms with Crippen molar-refractivity contribution < 1.29 is 4.92 Å². The van der Waals surface area contributed by atoms with Gasteiger partial charge in [-0.05, 0) is 48.0 Å². The van der Waals surface area contributed by atoms with Gasteiger partial charge in [0.15, 0.2) is 0 Å². The molecule has 0 saturated heterocycles. The quantitative estimate of drug-likeness (QED) is 0.347. The molecule has 0 aliphatic heterocycles. The van der Waals surface area contributed by atoms with Crippen LogP contribution in [0, 0.1) is 20.8 Å². The lowest BCUT2D eigenvalue weighted by atomic mass is 10.1. The predicted octanol–water partition coefficient (Wildman–Crippen LogP) is 2.94. The highest BCUT2D eigenvalue weighted by atomic mass is 32.2. The van der Waals surface area contributed by atoms with Crippen LogP contribution in [0.1, 0.15) is 12.5 Å². The Morgan fingerprint density at radius 3 is 2.69 bits per heavy atom. The summed E-state index contributed by atoms with van der Waals surface area (Å²) in [6, 6.07) is 7.31. The first-order chi connectivity index (χ1) is 7.61. The van der Waals surface area contributed by atoms with Crippen molar-refractivity contribution in [2.75, 3.05) is 6.54 Å². The average Bonchev–Trinajstić information content (AvgIpc) is 2.20. The summed E-state index contributed by atoms with van der Waals surface area (Å²) in [4.78, 5) is 10.8. The van der Waals surface area contributed by atoms with Gasteiger partial charge in [0.2, 0.25) is 6.54 Å². The van der Waals surface area contributed by atoms with Crippen LogP contribution in [0.3, 0.4) is 0 Å². The highest BCUT2D eigenvalue weighted by Crippen LogP contribution is 2.17. The molecular formula is C11H10N2O2S. The molecule has 0 atom stereocenters. The van der Waals surface area contributed by atoms with E-state index in [2.05, 4.69) is 0 Å². The number of rotatable bonds is 4.